The van der Waals surface area contributed by atoms with E-state index in [-0.39, 0.29) is 0 Å². The van der Waals surface area contributed by atoms with Gasteiger partial charge in [-0.15, -0.1) is 0 Å². The molecule has 0 amide bonds. The second-order valence-electron chi connectivity index (χ2n) is 7.79. The first kappa shape index (κ1) is 16.5. The van der Waals surface area contributed by atoms with E-state index in [0.29, 0.717) is 24.0 Å². The molecule has 1 aliphatic heterocycles. The molecular weight excluding hydrogens is 306 g/mol. The van der Waals surface area contributed by atoms with E-state index in [1.165, 1.54) is 23.1 Å². The second-order valence-corrected chi connectivity index (χ2v) is 7.79. The Balaban J connectivity index is 1.40. The molecule has 2 aromatic carbocycles. The van der Waals surface area contributed by atoms with Crippen LogP contribution >= 0.6 is 0 Å². The van der Waals surface area contributed by atoms with E-state index >= 15 is 0 Å². The number of nitrogens with zero attached hydrogens (tertiary/aromatic N) is 1. The lowest BCUT2D eigenvalue weighted by atomic mass is 9.97. The number of benzene rings is 2. The molecular formula is C23H27NO. The molecule has 2 aromatic rings. The van der Waals surface area contributed by atoms with Crippen molar-refractivity contribution in [3.63, 3.8) is 0 Å². The Bertz CT molecular complexity index is 752. The van der Waals surface area contributed by atoms with Gasteiger partial charge in [-0.2, -0.15) is 0 Å². The first-order valence-corrected chi connectivity index (χ1v) is 9.59. The molecule has 2 atom stereocenters. The number of hydrogen-bond donors (Lipinski definition) is 0. The van der Waals surface area contributed by atoms with Gasteiger partial charge in [0.15, 0.2) is 5.78 Å². The van der Waals surface area contributed by atoms with Crippen molar-refractivity contribution in [2.24, 2.45) is 5.92 Å². The topological polar surface area (TPSA) is 20.3 Å². The minimum atomic E-state index is 0.347. The van der Waals surface area contributed by atoms with E-state index in [4.69, 9.17) is 0 Å². The van der Waals surface area contributed by atoms with Gasteiger partial charge in [-0.3, -0.25) is 4.79 Å². The SMILES string of the molecule is Cc1cccc2c1CCC(CN1CCC(c3ccccc3)C1)CC2=O. The quantitative estimate of drug-likeness (QED) is 0.764. The van der Waals surface area contributed by atoms with Crippen molar-refractivity contribution in [3.05, 3.63) is 70.8 Å². The third-order valence-electron chi connectivity index (χ3n) is 6.05. The molecule has 1 heterocycles. The highest BCUT2D eigenvalue weighted by atomic mass is 16.1. The number of hydrogen-bond acceptors (Lipinski definition) is 2. The summed E-state index contributed by atoms with van der Waals surface area (Å²) < 4.78 is 0. The summed E-state index contributed by atoms with van der Waals surface area (Å²) in [7, 11) is 0. The van der Waals surface area contributed by atoms with E-state index in [1.54, 1.807) is 0 Å². The van der Waals surface area contributed by atoms with Crippen LogP contribution in [0.2, 0.25) is 0 Å². The highest BCUT2D eigenvalue weighted by Crippen LogP contribution is 2.31. The van der Waals surface area contributed by atoms with E-state index < -0.39 is 0 Å². The molecule has 1 fully saturated rings. The van der Waals surface area contributed by atoms with Gasteiger partial charge in [-0.25, -0.2) is 0 Å². The summed E-state index contributed by atoms with van der Waals surface area (Å²) in [6, 6.07) is 17.1. The fourth-order valence-electron chi connectivity index (χ4n) is 4.63. The monoisotopic (exact) mass is 333 g/mol. The lowest BCUT2D eigenvalue weighted by Gasteiger charge is -2.22. The highest BCUT2D eigenvalue weighted by Gasteiger charge is 2.28. The Hall–Kier alpha value is -1.93. The van der Waals surface area contributed by atoms with Gasteiger partial charge in [0.1, 0.15) is 0 Å². The highest BCUT2D eigenvalue weighted by molar-refractivity contribution is 5.98. The largest absolute Gasteiger partial charge is 0.302 e. The molecule has 25 heavy (non-hydrogen) atoms. The molecule has 1 saturated heterocycles. The van der Waals surface area contributed by atoms with Crippen LogP contribution in [0.5, 0.6) is 0 Å². The lowest BCUT2D eigenvalue weighted by molar-refractivity contribution is 0.0952. The normalized spacial score (nSPS) is 24.1. The summed E-state index contributed by atoms with van der Waals surface area (Å²) >= 11 is 0. The van der Waals surface area contributed by atoms with Crippen molar-refractivity contribution in [1.82, 2.24) is 4.90 Å². The summed E-state index contributed by atoms with van der Waals surface area (Å²) in [5, 5.41) is 0. The number of fused-ring (bicyclic) bond motifs is 1. The third-order valence-corrected chi connectivity index (χ3v) is 6.05. The molecule has 0 aromatic heterocycles. The molecule has 0 spiro atoms. The van der Waals surface area contributed by atoms with Crippen molar-refractivity contribution in [2.75, 3.05) is 19.6 Å². The predicted octanol–water partition coefficient (Wildman–Crippen LogP) is 4.62. The van der Waals surface area contributed by atoms with Gasteiger partial charge in [-0.1, -0.05) is 48.5 Å². The Morgan fingerprint density at radius 3 is 2.72 bits per heavy atom. The fourth-order valence-corrected chi connectivity index (χ4v) is 4.63. The maximum absolute atomic E-state index is 12.7. The first-order valence-electron chi connectivity index (χ1n) is 9.59. The number of aryl methyl sites for hydroxylation is 1. The number of ketones is 1. The van der Waals surface area contributed by atoms with Crippen molar-refractivity contribution < 1.29 is 4.79 Å². The Kier molecular flexibility index (Phi) is 4.72. The summed E-state index contributed by atoms with van der Waals surface area (Å²) in [5.41, 5.74) is 5.01. The lowest BCUT2D eigenvalue weighted by Crippen LogP contribution is -2.28. The Labute approximate surface area is 150 Å². The standard InChI is InChI=1S/C23H27NO/c1-17-6-5-9-22-21(17)11-10-18(14-23(22)25)15-24-13-12-20(16-24)19-7-3-2-4-8-19/h2-9,18,20H,10-16H2,1H3. The maximum atomic E-state index is 12.7. The number of carbonyl (C=O) groups is 1. The van der Waals surface area contributed by atoms with Gasteiger partial charge >= 0.3 is 0 Å². The van der Waals surface area contributed by atoms with E-state index in [2.05, 4.69) is 48.2 Å². The van der Waals surface area contributed by atoms with E-state index in [0.717, 1.165) is 38.0 Å². The van der Waals surface area contributed by atoms with Crippen LogP contribution in [0.15, 0.2) is 48.5 Å². The van der Waals surface area contributed by atoms with E-state index in [1.807, 2.05) is 12.1 Å². The average Bonchev–Trinajstić information content (AvgIpc) is 3.02. The van der Waals surface area contributed by atoms with Crippen molar-refractivity contribution in [2.45, 2.75) is 38.5 Å². The zero-order chi connectivity index (χ0) is 17.2. The molecule has 0 saturated carbocycles. The van der Waals surface area contributed by atoms with E-state index in [9.17, 15) is 4.79 Å². The van der Waals surface area contributed by atoms with Gasteiger partial charge in [0.05, 0.1) is 0 Å². The molecule has 1 aliphatic carbocycles. The molecule has 2 unspecified atom stereocenters. The van der Waals surface area contributed by atoms with Crippen LogP contribution in [-0.2, 0) is 6.42 Å². The van der Waals surface area contributed by atoms with Gasteiger partial charge in [0.25, 0.3) is 0 Å². The molecule has 0 N–H and O–H groups in total. The van der Waals surface area contributed by atoms with Crippen LogP contribution in [-0.4, -0.2) is 30.3 Å². The van der Waals surface area contributed by atoms with Gasteiger partial charge in [-0.05, 0) is 61.3 Å². The summed E-state index contributed by atoms with van der Waals surface area (Å²) in [5.74, 6) is 1.50. The van der Waals surface area contributed by atoms with Gasteiger partial charge in [0.2, 0.25) is 0 Å². The van der Waals surface area contributed by atoms with Crippen molar-refractivity contribution in [3.8, 4) is 0 Å². The zero-order valence-electron chi connectivity index (χ0n) is 15.1. The molecule has 2 nitrogen and oxygen atoms in total. The van der Waals surface area contributed by atoms with Crippen LogP contribution in [0.1, 0.15) is 52.2 Å². The fraction of sp³-hybridized carbons (Fsp3) is 0.435. The van der Waals surface area contributed by atoms with Gasteiger partial charge < -0.3 is 4.90 Å². The van der Waals surface area contributed by atoms with Crippen molar-refractivity contribution in [1.29, 1.82) is 0 Å². The van der Waals surface area contributed by atoms with Crippen LogP contribution < -0.4 is 0 Å². The molecule has 130 valence electrons. The number of carbonyl (C=O) groups excluding carboxylic acids is 1. The number of rotatable bonds is 3. The van der Waals surface area contributed by atoms with Crippen LogP contribution in [0, 0.1) is 12.8 Å². The molecule has 4 rings (SSSR count). The van der Waals surface area contributed by atoms with Crippen molar-refractivity contribution >= 4 is 5.78 Å². The summed E-state index contributed by atoms with van der Waals surface area (Å²) in [6.45, 7) is 5.51. The summed E-state index contributed by atoms with van der Waals surface area (Å²) in [4.78, 5) is 15.3. The first-order chi connectivity index (χ1) is 12.2. The van der Waals surface area contributed by atoms with Gasteiger partial charge in [0, 0.05) is 25.1 Å². The number of Topliss-reactive ketones (excluding diaryl/α,β-unsaturated/α-hetero) is 1. The van der Waals surface area contributed by atoms with Crippen LogP contribution in [0.25, 0.3) is 0 Å². The Morgan fingerprint density at radius 2 is 1.88 bits per heavy atom. The minimum Gasteiger partial charge on any atom is -0.302 e. The minimum absolute atomic E-state index is 0.347. The Morgan fingerprint density at radius 1 is 1.04 bits per heavy atom. The average molecular weight is 333 g/mol. The smallest absolute Gasteiger partial charge is 0.163 e. The molecule has 0 bridgehead atoms. The second kappa shape index (κ2) is 7.13. The maximum Gasteiger partial charge on any atom is 0.163 e. The number of likely N-dealkylation sites (tertiary alicyclic amines) is 1. The molecule has 2 aliphatic rings. The summed E-state index contributed by atoms with van der Waals surface area (Å²) in [6.07, 6.45) is 4.14. The molecule has 2 heteroatoms. The predicted molar refractivity (Wildman–Crippen MR) is 102 cm³/mol. The van der Waals surface area contributed by atoms with Crippen LogP contribution in [0.4, 0.5) is 0 Å². The molecule has 0 radical (unpaired) electrons. The zero-order valence-corrected chi connectivity index (χ0v) is 15.1. The third kappa shape index (κ3) is 3.55. The van der Waals surface area contributed by atoms with Crippen LogP contribution in [0.3, 0.4) is 0 Å².